The first kappa shape index (κ1) is 26.1. The van der Waals surface area contributed by atoms with Gasteiger partial charge in [0.2, 0.25) is 5.91 Å². The second kappa shape index (κ2) is 11.3. The summed E-state index contributed by atoms with van der Waals surface area (Å²) in [5.41, 5.74) is 3.27. The van der Waals surface area contributed by atoms with Gasteiger partial charge in [-0.1, -0.05) is 54.9 Å². The quantitative estimate of drug-likeness (QED) is 0.378. The Bertz CT molecular complexity index is 1190. The molecule has 0 spiro atoms. The van der Waals surface area contributed by atoms with E-state index in [0.717, 1.165) is 16.8 Å². The molecule has 0 fully saturated rings. The Kier molecular flexibility index (Phi) is 8.62. The number of aromatic nitrogens is 3. The highest BCUT2D eigenvalue weighted by Crippen LogP contribution is 2.26. The highest BCUT2D eigenvalue weighted by atomic mass is 35.5. The standard InChI is InChI=1S/C24H27Cl2N5O2S/c1-13(2)21(28-23(33)18-7-6-16(25)11-19(18)26)22-29-30-24(31(22)5)34-12-20(32)27-17-9-14(3)8-15(4)10-17/h6-11,13,21H,12H2,1-5H3,(H,27,32)(H,28,33)/t21-/m0/s1. The molecule has 1 heterocycles. The minimum Gasteiger partial charge on any atom is -0.342 e. The third-order valence-electron chi connectivity index (χ3n) is 5.11. The summed E-state index contributed by atoms with van der Waals surface area (Å²) >= 11 is 13.4. The fraction of sp³-hybridized carbons (Fsp3) is 0.333. The van der Waals surface area contributed by atoms with Gasteiger partial charge in [-0.05, 0) is 61.2 Å². The molecule has 0 saturated carbocycles. The topological polar surface area (TPSA) is 88.9 Å². The van der Waals surface area contributed by atoms with Crippen LogP contribution in [0.2, 0.25) is 10.0 Å². The van der Waals surface area contributed by atoms with Gasteiger partial charge in [-0.25, -0.2) is 0 Å². The fourth-order valence-corrected chi connectivity index (χ4v) is 4.73. The molecular weight excluding hydrogens is 493 g/mol. The van der Waals surface area contributed by atoms with Crippen LogP contribution in [0.4, 0.5) is 5.69 Å². The number of amides is 2. The van der Waals surface area contributed by atoms with Crippen LogP contribution in [-0.2, 0) is 11.8 Å². The maximum absolute atomic E-state index is 12.9. The average molecular weight is 520 g/mol. The summed E-state index contributed by atoms with van der Waals surface area (Å²) in [5, 5.41) is 15.8. The number of hydrogen-bond donors (Lipinski definition) is 2. The molecule has 2 amide bonds. The van der Waals surface area contributed by atoms with Gasteiger partial charge in [0.25, 0.3) is 5.91 Å². The Morgan fingerprint density at radius 2 is 1.74 bits per heavy atom. The number of nitrogens with one attached hydrogen (secondary N) is 2. The first-order chi connectivity index (χ1) is 16.0. The summed E-state index contributed by atoms with van der Waals surface area (Å²) in [6, 6.07) is 10.2. The molecular formula is C24H27Cl2N5O2S. The zero-order valence-corrected chi connectivity index (χ0v) is 22.0. The van der Waals surface area contributed by atoms with Crippen LogP contribution in [0.25, 0.3) is 0 Å². The van der Waals surface area contributed by atoms with Crippen molar-refractivity contribution in [2.24, 2.45) is 13.0 Å². The smallest absolute Gasteiger partial charge is 0.253 e. The molecule has 34 heavy (non-hydrogen) atoms. The lowest BCUT2D eigenvalue weighted by Gasteiger charge is -2.22. The largest absolute Gasteiger partial charge is 0.342 e. The number of thioether (sulfide) groups is 1. The minimum absolute atomic E-state index is 0.0311. The Labute approximate surface area is 213 Å². The maximum Gasteiger partial charge on any atom is 0.253 e. The Morgan fingerprint density at radius 1 is 1.06 bits per heavy atom. The number of anilines is 1. The molecule has 1 atom stereocenters. The molecule has 0 aliphatic rings. The molecule has 180 valence electrons. The minimum atomic E-state index is -0.407. The van der Waals surface area contributed by atoms with Crippen LogP contribution in [0.5, 0.6) is 0 Å². The summed E-state index contributed by atoms with van der Waals surface area (Å²) in [5.74, 6) is 0.336. The Balaban J connectivity index is 1.69. The molecule has 1 aromatic heterocycles. The van der Waals surface area contributed by atoms with Crippen molar-refractivity contribution >= 4 is 52.5 Å². The second-order valence-electron chi connectivity index (χ2n) is 8.43. The lowest BCUT2D eigenvalue weighted by molar-refractivity contribution is -0.113. The van der Waals surface area contributed by atoms with Gasteiger partial charge in [0.1, 0.15) is 0 Å². The van der Waals surface area contributed by atoms with E-state index in [1.165, 1.54) is 17.8 Å². The maximum atomic E-state index is 12.9. The van der Waals surface area contributed by atoms with Gasteiger partial charge in [0.15, 0.2) is 11.0 Å². The third kappa shape index (κ3) is 6.52. The predicted molar refractivity (Wildman–Crippen MR) is 138 cm³/mol. The van der Waals surface area contributed by atoms with Crippen LogP contribution in [-0.4, -0.2) is 32.3 Å². The van der Waals surface area contributed by atoms with Gasteiger partial charge in [0.05, 0.1) is 22.4 Å². The SMILES string of the molecule is Cc1cc(C)cc(NC(=O)CSc2nnc([C@@H](NC(=O)c3ccc(Cl)cc3Cl)C(C)C)n2C)c1. The highest BCUT2D eigenvalue weighted by molar-refractivity contribution is 7.99. The molecule has 0 unspecified atom stereocenters. The van der Waals surface area contributed by atoms with Crippen molar-refractivity contribution in [2.45, 2.75) is 38.9 Å². The van der Waals surface area contributed by atoms with Gasteiger partial charge in [-0.15, -0.1) is 10.2 Å². The zero-order valence-electron chi connectivity index (χ0n) is 19.6. The van der Waals surface area contributed by atoms with Crippen molar-refractivity contribution in [2.75, 3.05) is 11.1 Å². The summed E-state index contributed by atoms with van der Waals surface area (Å²) in [7, 11) is 1.82. The number of hydrogen-bond acceptors (Lipinski definition) is 5. The molecule has 0 aliphatic heterocycles. The molecule has 3 rings (SSSR count). The summed E-state index contributed by atoms with van der Waals surface area (Å²) in [6.07, 6.45) is 0. The van der Waals surface area contributed by atoms with E-state index in [9.17, 15) is 9.59 Å². The average Bonchev–Trinajstić information content (AvgIpc) is 3.09. The first-order valence-electron chi connectivity index (χ1n) is 10.7. The lowest BCUT2D eigenvalue weighted by atomic mass is 10.0. The second-order valence-corrected chi connectivity index (χ2v) is 10.2. The molecule has 2 N–H and O–H groups in total. The van der Waals surface area contributed by atoms with Crippen LogP contribution in [0.1, 0.15) is 47.2 Å². The first-order valence-corrected chi connectivity index (χ1v) is 12.5. The van der Waals surface area contributed by atoms with Crippen molar-refractivity contribution in [3.05, 3.63) is 69.0 Å². The number of carbonyl (C=O) groups is 2. The summed E-state index contributed by atoms with van der Waals surface area (Å²) in [4.78, 5) is 25.3. The zero-order chi connectivity index (χ0) is 25.0. The molecule has 0 saturated heterocycles. The molecule has 2 aromatic carbocycles. The molecule has 0 radical (unpaired) electrons. The number of rotatable bonds is 8. The van der Waals surface area contributed by atoms with Crippen molar-refractivity contribution in [3.8, 4) is 0 Å². The molecule has 0 aliphatic carbocycles. The van der Waals surface area contributed by atoms with Gasteiger partial charge in [-0.2, -0.15) is 0 Å². The normalized spacial score (nSPS) is 12.0. The Morgan fingerprint density at radius 3 is 2.35 bits per heavy atom. The van der Waals surface area contributed by atoms with Crippen LogP contribution in [0.3, 0.4) is 0 Å². The third-order valence-corrected chi connectivity index (χ3v) is 6.68. The number of nitrogens with zero attached hydrogens (tertiary/aromatic N) is 3. The summed E-state index contributed by atoms with van der Waals surface area (Å²) in [6.45, 7) is 7.94. The van der Waals surface area contributed by atoms with E-state index in [2.05, 4.69) is 26.9 Å². The number of halogens is 2. The number of carbonyl (C=O) groups excluding carboxylic acids is 2. The summed E-state index contributed by atoms with van der Waals surface area (Å²) < 4.78 is 1.79. The van der Waals surface area contributed by atoms with Gasteiger partial charge in [0, 0.05) is 17.8 Å². The van der Waals surface area contributed by atoms with E-state index in [1.807, 2.05) is 46.9 Å². The predicted octanol–water partition coefficient (Wildman–Crippen LogP) is 5.60. The van der Waals surface area contributed by atoms with E-state index in [4.69, 9.17) is 23.2 Å². The van der Waals surface area contributed by atoms with Gasteiger partial charge in [-0.3, -0.25) is 9.59 Å². The van der Waals surface area contributed by atoms with E-state index >= 15 is 0 Å². The van der Waals surface area contributed by atoms with E-state index in [1.54, 1.807) is 16.7 Å². The van der Waals surface area contributed by atoms with Crippen LogP contribution in [0.15, 0.2) is 41.6 Å². The van der Waals surface area contributed by atoms with Crippen molar-refractivity contribution in [1.29, 1.82) is 0 Å². The molecule has 0 bridgehead atoms. The highest BCUT2D eigenvalue weighted by Gasteiger charge is 2.26. The van der Waals surface area contributed by atoms with Crippen LogP contribution in [0, 0.1) is 19.8 Å². The van der Waals surface area contributed by atoms with E-state index in [0.29, 0.717) is 21.6 Å². The lowest BCUT2D eigenvalue weighted by Crippen LogP contribution is -2.33. The number of benzene rings is 2. The molecule has 10 heteroatoms. The number of aryl methyl sites for hydroxylation is 2. The van der Waals surface area contributed by atoms with E-state index < -0.39 is 6.04 Å². The van der Waals surface area contributed by atoms with Gasteiger partial charge >= 0.3 is 0 Å². The van der Waals surface area contributed by atoms with E-state index in [-0.39, 0.29) is 28.5 Å². The van der Waals surface area contributed by atoms with Crippen LogP contribution >= 0.6 is 35.0 Å². The van der Waals surface area contributed by atoms with Crippen molar-refractivity contribution < 1.29 is 9.59 Å². The molecule has 3 aromatic rings. The molecule has 7 nitrogen and oxygen atoms in total. The van der Waals surface area contributed by atoms with Crippen molar-refractivity contribution in [1.82, 2.24) is 20.1 Å². The monoisotopic (exact) mass is 519 g/mol. The van der Waals surface area contributed by atoms with Crippen molar-refractivity contribution in [3.63, 3.8) is 0 Å². The van der Waals surface area contributed by atoms with Gasteiger partial charge < -0.3 is 15.2 Å². The Hall–Kier alpha value is -2.55. The van der Waals surface area contributed by atoms with Crippen LogP contribution < -0.4 is 10.6 Å². The fourth-order valence-electron chi connectivity index (χ4n) is 3.52.